The molecule has 3 heteroatoms. The summed E-state index contributed by atoms with van der Waals surface area (Å²) in [5, 5.41) is 11.3. The highest BCUT2D eigenvalue weighted by molar-refractivity contribution is 6.31. The molecular weight excluding hydrogens is 246 g/mol. The minimum atomic E-state index is -0.0668. The predicted molar refractivity (Wildman–Crippen MR) is 76.5 cm³/mol. The van der Waals surface area contributed by atoms with E-state index in [9.17, 15) is 5.11 Å². The lowest BCUT2D eigenvalue weighted by atomic mass is 9.83. The fourth-order valence-electron chi connectivity index (χ4n) is 2.87. The fraction of sp³-hybridized carbons (Fsp3) is 0.600. The summed E-state index contributed by atoms with van der Waals surface area (Å²) in [5.41, 5.74) is 8.94. The van der Waals surface area contributed by atoms with Gasteiger partial charge >= 0.3 is 0 Å². The molecule has 0 spiro atoms. The van der Waals surface area contributed by atoms with Crippen LogP contribution < -0.4 is 5.73 Å². The molecular formula is C15H22ClNO. The van der Waals surface area contributed by atoms with Crippen LogP contribution >= 0.6 is 11.6 Å². The van der Waals surface area contributed by atoms with Gasteiger partial charge in [-0.1, -0.05) is 25.4 Å². The number of hydrogen-bond acceptors (Lipinski definition) is 2. The van der Waals surface area contributed by atoms with Crippen LogP contribution in [0.25, 0.3) is 0 Å². The average Bonchev–Trinajstić information content (AvgIpc) is 3.04. The molecule has 1 atom stereocenters. The zero-order valence-electron chi connectivity index (χ0n) is 11.5. The second kappa shape index (κ2) is 4.43. The maximum Gasteiger partial charge on any atom is 0.123 e. The Labute approximate surface area is 114 Å². The van der Waals surface area contributed by atoms with Crippen molar-refractivity contribution in [3.63, 3.8) is 0 Å². The van der Waals surface area contributed by atoms with Gasteiger partial charge in [-0.25, -0.2) is 0 Å². The lowest BCUT2D eigenvalue weighted by Crippen LogP contribution is -2.32. The smallest absolute Gasteiger partial charge is 0.123 e. The van der Waals surface area contributed by atoms with Crippen molar-refractivity contribution in [2.24, 2.45) is 5.73 Å². The molecule has 2 rings (SSSR count). The first kappa shape index (κ1) is 13.7. The van der Waals surface area contributed by atoms with Gasteiger partial charge < -0.3 is 10.8 Å². The molecule has 1 saturated carbocycles. The molecule has 3 N–H and O–H groups in total. The Morgan fingerprint density at radius 1 is 1.33 bits per heavy atom. The third kappa shape index (κ3) is 1.92. The molecule has 0 aliphatic heterocycles. The molecule has 2 nitrogen and oxygen atoms in total. The van der Waals surface area contributed by atoms with Crippen LogP contribution in [-0.4, -0.2) is 11.1 Å². The zero-order chi connectivity index (χ0) is 13.7. The largest absolute Gasteiger partial charge is 0.507 e. The molecule has 1 fully saturated rings. The van der Waals surface area contributed by atoms with Gasteiger partial charge in [-0.15, -0.1) is 0 Å². The summed E-state index contributed by atoms with van der Waals surface area (Å²) in [4.78, 5) is 0. The van der Waals surface area contributed by atoms with E-state index in [1.807, 2.05) is 19.9 Å². The summed E-state index contributed by atoms with van der Waals surface area (Å²) in [6.07, 6.45) is 2.08. The number of rotatable bonds is 3. The van der Waals surface area contributed by atoms with Gasteiger partial charge in [-0.05, 0) is 49.8 Å². The van der Waals surface area contributed by atoms with E-state index in [2.05, 4.69) is 13.8 Å². The highest BCUT2D eigenvalue weighted by Crippen LogP contribution is 2.56. The third-order valence-corrected chi connectivity index (χ3v) is 4.70. The Bertz CT molecular complexity index is 476. The molecule has 0 radical (unpaired) electrons. The zero-order valence-corrected chi connectivity index (χ0v) is 12.3. The SMILES string of the molecule is Cc1c(Cl)cc(C(C)C)c(O)c1C1(C(C)N)CC1. The second-order valence-corrected chi connectivity index (χ2v) is 6.30. The van der Waals surface area contributed by atoms with Crippen molar-refractivity contribution in [3.8, 4) is 5.75 Å². The minimum absolute atomic E-state index is 0.0422. The first-order valence-electron chi connectivity index (χ1n) is 6.59. The second-order valence-electron chi connectivity index (χ2n) is 5.90. The van der Waals surface area contributed by atoms with Gasteiger partial charge in [0.25, 0.3) is 0 Å². The highest BCUT2D eigenvalue weighted by Gasteiger charge is 2.50. The van der Waals surface area contributed by atoms with E-state index in [1.54, 1.807) is 0 Å². The number of nitrogens with two attached hydrogens (primary N) is 1. The first-order chi connectivity index (χ1) is 8.31. The van der Waals surface area contributed by atoms with Crippen molar-refractivity contribution in [3.05, 3.63) is 27.8 Å². The van der Waals surface area contributed by atoms with Crippen LogP contribution in [0.1, 0.15) is 56.2 Å². The summed E-state index contributed by atoms with van der Waals surface area (Å²) in [5.74, 6) is 0.660. The lowest BCUT2D eigenvalue weighted by Gasteiger charge is -2.26. The first-order valence-corrected chi connectivity index (χ1v) is 6.97. The van der Waals surface area contributed by atoms with Crippen LogP contribution in [0.3, 0.4) is 0 Å². The predicted octanol–water partition coefficient (Wildman–Crippen LogP) is 3.86. The summed E-state index contributed by atoms with van der Waals surface area (Å²) in [6.45, 7) is 8.12. The van der Waals surface area contributed by atoms with Crippen LogP contribution in [0, 0.1) is 6.92 Å². The van der Waals surface area contributed by atoms with Gasteiger partial charge in [0, 0.05) is 22.0 Å². The van der Waals surface area contributed by atoms with Crippen molar-refractivity contribution in [2.45, 2.75) is 57.9 Å². The molecule has 1 unspecified atom stereocenters. The van der Waals surface area contributed by atoms with Crippen molar-refractivity contribution in [1.82, 2.24) is 0 Å². The van der Waals surface area contributed by atoms with Crippen LogP contribution in [0.15, 0.2) is 6.07 Å². The van der Waals surface area contributed by atoms with Crippen LogP contribution in [0.5, 0.6) is 5.75 Å². The fourth-order valence-corrected chi connectivity index (χ4v) is 3.08. The molecule has 0 bridgehead atoms. The van der Waals surface area contributed by atoms with Gasteiger partial charge in [0.05, 0.1) is 0 Å². The van der Waals surface area contributed by atoms with Crippen molar-refractivity contribution < 1.29 is 5.11 Å². The number of phenols is 1. The Morgan fingerprint density at radius 2 is 1.89 bits per heavy atom. The molecule has 1 aromatic rings. The van der Waals surface area contributed by atoms with E-state index in [1.165, 1.54) is 0 Å². The van der Waals surface area contributed by atoms with E-state index in [0.717, 1.165) is 34.6 Å². The topological polar surface area (TPSA) is 46.2 Å². The molecule has 0 amide bonds. The molecule has 0 heterocycles. The number of hydrogen-bond donors (Lipinski definition) is 2. The van der Waals surface area contributed by atoms with Gasteiger partial charge in [-0.3, -0.25) is 0 Å². The normalized spacial score (nSPS) is 19.1. The number of aromatic hydroxyl groups is 1. The summed E-state index contributed by atoms with van der Waals surface area (Å²) >= 11 is 6.32. The molecule has 18 heavy (non-hydrogen) atoms. The molecule has 0 aromatic heterocycles. The van der Waals surface area contributed by atoms with E-state index in [-0.39, 0.29) is 17.4 Å². The maximum absolute atomic E-state index is 10.6. The summed E-state index contributed by atoms with van der Waals surface area (Å²) in [6, 6.07) is 1.93. The highest BCUT2D eigenvalue weighted by atomic mass is 35.5. The Balaban J connectivity index is 2.67. The van der Waals surface area contributed by atoms with Gasteiger partial charge in [0.15, 0.2) is 0 Å². The van der Waals surface area contributed by atoms with Crippen LogP contribution in [0.4, 0.5) is 0 Å². The maximum atomic E-state index is 10.6. The van der Waals surface area contributed by atoms with E-state index in [0.29, 0.717) is 5.75 Å². The number of halogens is 1. The standard InChI is InChI=1S/C15H22ClNO/c1-8(2)11-7-12(16)9(3)13(14(11)18)15(5-6-15)10(4)17/h7-8,10,18H,5-6,17H2,1-4H3. The van der Waals surface area contributed by atoms with Gasteiger partial charge in [0.1, 0.15) is 5.75 Å². The van der Waals surface area contributed by atoms with Crippen molar-refractivity contribution in [2.75, 3.05) is 0 Å². The average molecular weight is 268 g/mol. The van der Waals surface area contributed by atoms with Gasteiger partial charge in [-0.2, -0.15) is 0 Å². The number of phenolic OH excluding ortho intramolecular Hbond substituents is 1. The van der Waals surface area contributed by atoms with E-state index >= 15 is 0 Å². The van der Waals surface area contributed by atoms with Crippen LogP contribution in [-0.2, 0) is 5.41 Å². The molecule has 100 valence electrons. The van der Waals surface area contributed by atoms with Gasteiger partial charge in [0.2, 0.25) is 0 Å². The Morgan fingerprint density at radius 3 is 2.28 bits per heavy atom. The number of benzene rings is 1. The summed E-state index contributed by atoms with van der Waals surface area (Å²) in [7, 11) is 0. The van der Waals surface area contributed by atoms with Crippen molar-refractivity contribution >= 4 is 11.6 Å². The molecule has 1 aliphatic rings. The van der Waals surface area contributed by atoms with Crippen LogP contribution in [0.2, 0.25) is 5.02 Å². The monoisotopic (exact) mass is 267 g/mol. The van der Waals surface area contributed by atoms with E-state index < -0.39 is 0 Å². The Kier molecular flexibility index (Phi) is 3.37. The molecule has 0 saturated heterocycles. The minimum Gasteiger partial charge on any atom is -0.507 e. The molecule has 1 aliphatic carbocycles. The Hall–Kier alpha value is -0.730. The summed E-state index contributed by atoms with van der Waals surface area (Å²) < 4.78 is 0. The molecule has 1 aromatic carbocycles. The van der Waals surface area contributed by atoms with E-state index in [4.69, 9.17) is 17.3 Å². The van der Waals surface area contributed by atoms with Crippen molar-refractivity contribution in [1.29, 1.82) is 0 Å². The third-order valence-electron chi connectivity index (χ3n) is 4.31. The quantitative estimate of drug-likeness (QED) is 0.874. The lowest BCUT2D eigenvalue weighted by molar-refractivity contribution is 0.436.